The highest BCUT2D eigenvalue weighted by molar-refractivity contribution is 5.23. The molecule has 2 rings (SSSR count). The first-order chi connectivity index (χ1) is 10.2. The Morgan fingerprint density at radius 2 is 1.67 bits per heavy atom. The Bertz CT molecular complexity index is 540. The van der Waals surface area contributed by atoms with E-state index in [1.807, 2.05) is 30.3 Å². The van der Waals surface area contributed by atoms with Gasteiger partial charge in [0, 0.05) is 11.6 Å². The van der Waals surface area contributed by atoms with Crippen molar-refractivity contribution in [2.24, 2.45) is 0 Å². The molecule has 0 spiro atoms. The molecule has 2 nitrogen and oxygen atoms in total. The Labute approximate surface area is 123 Å². The molecule has 0 aliphatic heterocycles. The van der Waals surface area contributed by atoms with Crippen molar-refractivity contribution in [2.45, 2.75) is 19.4 Å². The Balaban J connectivity index is 1.73. The second kappa shape index (κ2) is 7.74. The summed E-state index contributed by atoms with van der Waals surface area (Å²) in [7, 11) is 0. The Morgan fingerprint density at radius 3 is 2.33 bits per heavy atom. The normalized spacial score (nSPS) is 12.1. The standard InChI is InChI=1S/C17H19F2NO/c1-13(17-15(18)9-5-10-16(17)19)20-11-6-12-21-14-7-3-2-4-8-14/h2-5,7-10,13,20H,6,11-12H2,1H3. The Morgan fingerprint density at radius 1 is 1.00 bits per heavy atom. The lowest BCUT2D eigenvalue weighted by Gasteiger charge is -2.16. The molecule has 1 unspecified atom stereocenters. The minimum Gasteiger partial charge on any atom is -0.494 e. The highest BCUT2D eigenvalue weighted by Gasteiger charge is 2.14. The predicted molar refractivity (Wildman–Crippen MR) is 79.3 cm³/mol. The molecule has 2 aromatic rings. The first-order valence-corrected chi connectivity index (χ1v) is 7.03. The number of rotatable bonds is 7. The van der Waals surface area contributed by atoms with Crippen LogP contribution in [0.5, 0.6) is 5.75 Å². The van der Waals surface area contributed by atoms with Gasteiger partial charge >= 0.3 is 0 Å². The van der Waals surface area contributed by atoms with E-state index < -0.39 is 11.6 Å². The summed E-state index contributed by atoms with van der Waals surface area (Å²) in [4.78, 5) is 0. The van der Waals surface area contributed by atoms with Gasteiger partial charge in [-0.15, -0.1) is 0 Å². The third-order valence-corrected chi connectivity index (χ3v) is 3.22. The van der Waals surface area contributed by atoms with Gasteiger partial charge in [-0.3, -0.25) is 0 Å². The molecule has 0 amide bonds. The van der Waals surface area contributed by atoms with Gasteiger partial charge in [-0.25, -0.2) is 8.78 Å². The van der Waals surface area contributed by atoms with Gasteiger partial charge in [0.15, 0.2) is 0 Å². The van der Waals surface area contributed by atoms with Crippen molar-refractivity contribution in [3.8, 4) is 5.75 Å². The molecular weight excluding hydrogens is 272 g/mol. The van der Waals surface area contributed by atoms with E-state index in [0.717, 1.165) is 12.2 Å². The van der Waals surface area contributed by atoms with Crippen LogP contribution in [0.3, 0.4) is 0 Å². The number of nitrogens with one attached hydrogen (secondary N) is 1. The zero-order chi connectivity index (χ0) is 15.1. The second-order valence-electron chi connectivity index (χ2n) is 4.83. The van der Waals surface area contributed by atoms with Crippen LogP contribution >= 0.6 is 0 Å². The molecule has 0 saturated carbocycles. The zero-order valence-electron chi connectivity index (χ0n) is 12.0. The fourth-order valence-corrected chi connectivity index (χ4v) is 2.12. The number of halogens is 2. The van der Waals surface area contributed by atoms with Crippen LogP contribution in [-0.4, -0.2) is 13.2 Å². The average molecular weight is 291 g/mol. The maximum Gasteiger partial charge on any atom is 0.130 e. The molecule has 4 heteroatoms. The molecule has 0 saturated heterocycles. The number of hydrogen-bond acceptors (Lipinski definition) is 2. The van der Waals surface area contributed by atoms with E-state index >= 15 is 0 Å². The van der Waals surface area contributed by atoms with Gasteiger partial charge < -0.3 is 10.1 Å². The maximum atomic E-state index is 13.6. The summed E-state index contributed by atoms with van der Waals surface area (Å²) < 4.78 is 32.7. The quantitative estimate of drug-likeness (QED) is 0.776. The summed E-state index contributed by atoms with van der Waals surface area (Å²) in [6, 6.07) is 13.1. The number of ether oxygens (including phenoxy) is 1. The topological polar surface area (TPSA) is 21.3 Å². The van der Waals surface area contributed by atoms with Crippen molar-refractivity contribution in [2.75, 3.05) is 13.2 Å². The third kappa shape index (κ3) is 4.53. The van der Waals surface area contributed by atoms with Crippen molar-refractivity contribution in [3.63, 3.8) is 0 Å². The van der Waals surface area contributed by atoms with E-state index in [9.17, 15) is 8.78 Å². The van der Waals surface area contributed by atoms with Crippen molar-refractivity contribution >= 4 is 0 Å². The van der Waals surface area contributed by atoms with Gasteiger partial charge in [0.2, 0.25) is 0 Å². The van der Waals surface area contributed by atoms with E-state index in [4.69, 9.17) is 4.74 Å². The molecule has 0 aromatic heterocycles. The van der Waals surface area contributed by atoms with Crippen LogP contribution < -0.4 is 10.1 Å². The average Bonchev–Trinajstić information content (AvgIpc) is 2.48. The molecule has 0 bridgehead atoms. The van der Waals surface area contributed by atoms with E-state index in [1.165, 1.54) is 18.2 Å². The summed E-state index contributed by atoms with van der Waals surface area (Å²) in [6.45, 7) is 2.94. The van der Waals surface area contributed by atoms with Crippen LogP contribution in [0.25, 0.3) is 0 Å². The lowest BCUT2D eigenvalue weighted by Crippen LogP contribution is -2.23. The van der Waals surface area contributed by atoms with Gasteiger partial charge in [0.25, 0.3) is 0 Å². The lowest BCUT2D eigenvalue weighted by atomic mass is 10.1. The first-order valence-electron chi connectivity index (χ1n) is 7.03. The summed E-state index contributed by atoms with van der Waals surface area (Å²) in [5.41, 5.74) is 0.0847. The minimum absolute atomic E-state index is 0.0847. The van der Waals surface area contributed by atoms with Gasteiger partial charge in [-0.2, -0.15) is 0 Å². The summed E-state index contributed by atoms with van der Waals surface area (Å²) in [5.74, 6) is -0.211. The van der Waals surface area contributed by atoms with Crippen LogP contribution in [0.15, 0.2) is 48.5 Å². The SMILES string of the molecule is CC(NCCCOc1ccccc1)c1c(F)cccc1F. The molecule has 0 radical (unpaired) electrons. The van der Waals surface area contributed by atoms with Crippen molar-refractivity contribution in [1.29, 1.82) is 0 Å². The zero-order valence-corrected chi connectivity index (χ0v) is 12.0. The second-order valence-corrected chi connectivity index (χ2v) is 4.83. The molecule has 0 fully saturated rings. The molecule has 112 valence electrons. The van der Waals surface area contributed by atoms with E-state index in [1.54, 1.807) is 6.92 Å². The number of para-hydroxylation sites is 1. The minimum atomic E-state index is -0.518. The van der Waals surface area contributed by atoms with Gasteiger partial charge in [-0.1, -0.05) is 24.3 Å². The molecule has 1 atom stereocenters. The largest absolute Gasteiger partial charge is 0.494 e. The van der Waals surface area contributed by atoms with Crippen molar-refractivity contribution in [1.82, 2.24) is 5.32 Å². The Kier molecular flexibility index (Phi) is 5.69. The molecule has 21 heavy (non-hydrogen) atoms. The molecule has 1 N–H and O–H groups in total. The highest BCUT2D eigenvalue weighted by Crippen LogP contribution is 2.20. The smallest absolute Gasteiger partial charge is 0.130 e. The monoisotopic (exact) mass is 291 g/mol. The predicted octanol–water partition coefficient (Wildman–Crippen LogP) is 4.08. The third-order valence-electron chi connectivity index (χ3n) is 3.22. The molecule has 0 aliphatic rings. The molecule has 2 aromatic carbocycles. The fraction of sp³-hybridized carbons (Fsp3) is 0.294. The van der Waals surface area contributed by atoms with Crippen LogP contribution in [0.2, 0.25) is 0 Å². The van der Waals surface area contributed by atoms with Crippen LogP contribution in [-0.2, 0) is 0 Å². The van der Waals surface area contributed by atoms with Crippen LogP contribution in [0.1, 0.15) is 24.9 Å². The Hall–Kier alpha value is -1.94. The molecule has 0 heterocycles. The van der Waals surface area contributed by atoms with Gasteiger partial charge in [0.1, 0.15) is 17.4 Å². The van der Waals surface area contributed by atoms with E-state index in [-0.39, 0.29) is 11.6 Å². The lowest BCUT2D eigenvalue weighted by molar-refractivity contribution is 0.305. The summed E-state index contributed by atoms with van der Waals surface area (Å²) in [6.07, 6.45) is 0.759. The highest BCUT2D eigenvalue weighted by atomic mass is 19.1. The van der Waals surface area contributed by atoms with Crippen LogP contribution in [0.4, 0.5) is 8.78 Å². The number of benzene rings is 2. The first kappa shape index (κ1) is 15.4. The van der Waals surface area contributed by atoms with Gasteiger partial charge in [-0.05, 0) is 44.2 Å². The number of hydrogen-bond donors (Lipinski definition) is 1. The summed E-state index contributed by atoms with van der Waals surface area (Å²) in [5, 5.41) is 3.11. The van der Waals surface area contributed by atoms with E-state index in [2.05, 4.69) is 5.32 Å². The molecule has 0 aliphatic carbocycles. The van der Waals surface area contributed by atoms with Crippen molar-refractivity contribution in [3.05, 3.63) is 65.7 Å². The van der Waals surface area contributed by atoms with Crippen molar-refractivity contribution < 1.29 is 13.5 Å². The van der Waals surface area contributed by atoms with Gasteiger partial charge in [0.05, 0.1) is 6.61 Å². The van der Waals surface area contributed by atoms with Crippen LogP contribution in [0, 0.1) is 11.6 Å². The van der Waals surface area contributed by atoms with E-state index in [0.29, 0.717) is 13.2 Å². The maximum absolute atomic E-state index is 13.6. The summed E-state index contributed by atoms with van der Waals surface area (Å²) >= 11 is 0. The fourth-order valence-electron chi connectivity index (χ4n) is 2.12. The molecular formula is C17H19F2NO.